The summed E-state index contributed by atoms with van der Waals surface area (Å²) >= 11 is 1.64. The smallest absolute Gasteiger partial charge is 0.227 e. The summed E-state index contributed by atoms with van der Waals surface area (Å²) in [6.45, 7) is 3.58. The second kappa shape index (κ2) is 6.35. The van der Waals surface area contributed by atoms with E-state index in [0.717, 1.165) is 42.2 Å². The van der Waals surface area contributed by atoms with Crippen molar-refractivity contribution >= 4 is 17.2 Å². The standard InChI is InChI=1S/C16H19N3OS/c1-12-9-17-10-15(18-12)13-4-2-6-19(11-13)16(20)8-14-5-3-7-21-14/h3,5,7,9-10,13H,2,4,6,8,11H2,1H3/t13-/m0/s1. The molecule has 4 nitrogen and oxygen atoms in total. The summed E-state index contributed by atoms with van der Waals surface area (Å²) in [6.07, 6.45) is 6.25. The van der Waals surface area contributed by atoms with Crippen LogP contribution >= 0.6 is 11.3 Å². The summed E-state index contributed by atoms with van der Waals surface area (Å²) in [5.41, 5.74) is 1.96. The van der Waals surface area contributed by atoms with Crippen molar-refractivity contribution in [2.45, 2.75) is 32.1 Å². The van der Waals surface area contributed by atoms with Gasteiger partial charge in [0.2, 0.25) is 5.91 Å². The van der Waals surface area contributed by atoms with Crippen LogP contribution in [0.25, 0.3) is 0 Å². The van der Waals surface area contributed by atoms with Crippen molar-refractivity contribution in [2.75, 3.05) is 13.1 Å². The summed E-state index contributed by atoms with van der Waals surface area (Å²) in [4.78, 5) is 24.3. The zero-order chi connectivity index (χ0) is 14.7. The average molecular weight is 301 g/mol. The molecule has 0 aliphatic carbocycles. The molecule has 0 N–H and O–H groups in total. The molecule has 2 aromatic heterocycles. The van der Waals surface area contributed by atoms with Crippen molar-refractivity contribution in [1.29, 1.82) is 0 Å². The number of likely N-dealkylation sites (tertiary alicyclic amines) is 1. The lowest BCUT2D eigenvalue weighted by Gasteiger charge is -2.32. The molecule has 2 aromatic rings. The minimum Gasteiger partial charge on any atom is -0.342 e. The summed E-state index contributed by atoms with van der Waals surface area (Å²) in [5, 5.41) is 2.02. The predicted octanol–water partition coefficient (Wildman–Crippen LogP) is 2.80. The van der Waals surface area contributed by atoms with Crippen molar-refractivity contribution in [3.8, 4) is 0 Å². The highest BCUT2D eigenvalue weighted by Crippen LogP contribution is 2.26. The maximum absolute atomic E-state index is 12.4. The predicted molar refractivity (Wildman–Crippen MR) is 83.3 cm³/mol. The molecule has 0 saturated carbocycles. The fourth-order valence-corrected chi connectivity index (χ4v) is 3.49. The van der Waals surface area contributed by atoms with Gasteiger partial charge in [0.15, 0.2) is 0 Å². The quantitative estimate of drug-likeness (QED) is 0.876. The third-order valence-electron chi connectivity index (χ3n) is 3.87. The molecule has 1 atom stereocenters. The van der Waals surface area contributed by atoms with E-state index in [1.807, 2.05) is 35.5 Å². The fraction of sp³-hybridized carbons (Fsp3) is 0.438. The van der Waals surface area contributed by atoms with E-state index in [9.17, 15) is 4.79 Å². The van der Waals surface area contributed by atoms with Crippen LogP contribution in [0.1, 0.15) is 35.0 Å². The number of rotatable bonds is 3. The minimum absolute atomic E-state index is 0.225. The zero-order valence-corrected chi connectivity index (χ0v) is 13.0. The van der Waals surface area contributed by atoms with Crippen molar-refractivity contribution < 1.29 is 4.79 Å². The molecule has 0 bridgehead atoms. The normalized spacial score (nSPS) is 18.7. The van der Waals surface area contributed by atoms with Crippen LogP contribution in [0.4, 0.5) is 0 Å². The number of amides is 1. The number of aryl methyl sites for hydroxylation is 1. The Labute approximate surface area is 128 Å². The molecule has 3 heterocycles. The maximum Gasteiger partial charge on any atom is 0.227 e. The molecule has 1 aliphatic rings. The second-order valence-corrected chi connectivity index (χ2v) is 6.55. The van der Waals surface area contributed by atoms with E-state index in [1.54, 1.807) is 17.5 Å². The van der Waals surface area contributed by atoms with E-state index >= 15 is 0 Å². The molecule has 1 saturated heterocycles. The van der Waals surface area contributed by atoms with Gasteiger partial charge in [0, 0.05) is 36.3 Å². The lowest BCUT2D eigenvalue weighted by Crippen LogP contribution is -2.40. The molecule has 21 heavy (non-hydrogen) atoms. The van der Waals surface area contributed by atoms with Crippen LogP contribution in [0.15, 0.2) is 29.9 Å². The molecule has 1 aliphatic heterocycles. The van der Waals surface area contributed by atoms with Crippen molar-refractivity contribution in [2.24, 2.45) is 0 Å². The minimum atomic E-state index is 0.225. The number of piperidine rings is 1. The number of hydrogen-bond donors (Lipinski definition) is 0. The Bertz CT molecular complexity index is 612. The Morgan fingerprint density at radius 1 is 1.48 bits per heavy atom. The molecule has 1 fully saturated rings. The van der Waals surface area contributed by atoms with E-state index in [0.29, 0.717) is 12.3 Å². The SMILES string of the molecule is Cc1cncc([C@H]2CCCN(C(=O)Cc3cccs3)C2)n1. The number of carbonyl (C=O) groups is 1. The molecule has 0 spiro atoms. The van der Waals surface area contributed by atoms with Gasteiger partial charge in [-0.1, -0.05) is 6.07 Å². The third kappa shape index (κ3) is 3.47. The van der Waals surface area contributed by atoms with Crippen LogP contribution in [0, 0.1) is 6.92 Å². The summed E-state index contributed by atoms with van der Waals surface area (Å²) < 4.78 is 0. The molecule has 1 amide bonds. The number of carbonyl (C=O) groups excluding carboxylic acids is 1. The Kier molecular flexibility index (Phi) is 4.29. The molecular formula is C16H19N3OS. The van der Waals surface area contributed by atoms with Crippen LogP contribution in [0.2, 0.25) is 0 Å². The van der Waals surface area contributed by atoms with Crippen molar-refractivity contribution in [1.82, 2.24) is 14.9 Å². The molecule has 0 unspecified atom stereocenters. The van der Waals surface area contributed by atoms with Gasteiger partial charge in [0.25, 0.3) is 0 Å². The average Bonchev–Trinajstić information content (AvgIpc) is 3.00. The van der Waals surface area contributed by atoms with Gasteiger partial charge in [-0.05, 0) is 31.2 Å². The topological polar surface area (TPSA) is 46.1 Å². The highest BCUT2D eigenvalue weighted by atomic mass is 32.1. The van der Waals surface area contributed by atoms with Gasteiger partial charge in [-0.25, -0.2) is 0 Å². The first kappa shape index (κ1) is 14.2. The number of nitrogens with zero attached hydrogens (tertiary/aromatic N) is 3. The van der Waals surface area contributed by atoms with Gasteiger partial charge < -0.3 is 4.90 Å². The van der Waals surface area contributed by atoms with Gasteiger partial charge in [0.05, 0.1) is 17.8 Å². The van der Waals surface area contributed by atoms with Gasteiger partial charge in [-0.2, -0.15) is 0 Å². The van der Waals surface area contributed by atoms with Gasteiger partial charge in [-0.3, -0.25) is 14.8 Å². The molecule has 5 heteroatoms. The Morgan fingerprint density at radius 3 is 3.14 bits per heavy atom. The van der Waals surface area contributed by atoms with Crippen LogP contribution in [0.5, 0.6) is 0 Å². The number of thiophene rings is 1. The summed E-state index contributed by atoms with van der Waals surface area (Å²) in [7, 11) is 0. The molecule has 0 radical (unpaired) electrons. The van der Waals surface area contributed by atoms with E-state index in [4.69, 9.17) is 0 Å². The van der Waals surface area contributed by atoms with E-state index < -0.39 is 0 Å². The lowest BCUT2D eigenvalue weighted by molar-refractivity contribution is -0.131. The van der Waals surface area contributed by atoms with Crippen LogP contribution in [-0.2, 0) is 11.2 Å². The zero-order valence-electron chi connectivity index (χ0n) is 12.2. The first-order valence-electron chi connectivity index (χ1n) is 7.31. The molecule has 0 aromatic carbocycles. The van der Waals surface area contributed by atoms with E-state index in [2.05, 4.69) is 9.97 Å². The first-order valence-corrected chi connectivity index (χ1v) is 8.19. The summed E-state index contributed by atoms with van der Waals surface area (Å²) in [5.74, 6) is 0.543. The van der Waals surface area contributed by atoms with Crippen molar-refractivity contribution in [3.63, 3.8) is 0 Å². The van der Waals surface area contributed by atoms with Crippen molar-refractivity contribution in [3.05, 3.63) is 46.2 Å². The third-order valence-corrected chi connectivity index (χ3v) is 4.75. The van der Waals surface area contributed by atoms with Gasteiger partial charge in [0.1, 0.15) is 0 Å². The molecular weight excluding hydrogens is 282 g/mol. The monoisotopic (exact) mass is 301 g/mol. The van der Waals surface area contributed by atoms with Crippen LogP contribution in [-0.4, -0.2) is 33.9 Å². The summed E-state index contributed by atoms with van der Waals surface area (Å²) in [6, 6.07) is 4.02. The first-order chi connectivity index (χ1) is 10.2. The molecule has 3 rings (SSSR count). The Morgan fingerprint density at radius 2 is 2.38 bits per heavy atom. The highest BCUT2D eigenvalue weighted by Gasteiger charge is 2.25. The Balaban J connectivity index is 1.66. The van der Waals surface area contributed by atoms with E-state index in [-0.39, 0.29) is 5.91 Å². The second-order valence-electron chi connectivity index (χ2n) is 5.52. The van der Waals surface area contributed by atoms with Crippen LogP contribution in [0.3, 0.4) is 0 Å². The van der Waals surface area contributed by atoms with Gasteiger partial charge in [-0.15, -0.1) is 11.3 Å². The Hall–Kier alpha value is -1.75. The fourth-order valence-electron chi connectivity index (χ4n) is 2.80. The van der Waals surface area contributed by atoms with Crippen LogP contribution < -0.4 is 0 Å². The number of hydrogen-bond acceptors (Lipinski definition) is 4. The largest absolute Gasteiger partial charge is 0.342 e. The van der Waals surface area contributed by atoms with Gasteiger partial charge >= 0.3 is 0 Å². The molecule has 110 valence electrons. The lowest BCUT2D eigenvalue weighted by atomic mass is 9.94. The highest BCUT2D eigenvalue weighted by molar-refractivity contribution is 7.10. The number of aromatic nitrogens is 2. The maximum atomic E-state index is 12.4. The van der Waals surface area contributed by atoms with E-state index in [1.165, 1.54) is 0 Å².